The summed E-state index contributed by atoms with van der Waals surface area (Å²) in [5, 5.41) is 10.1. The second-order valence-electron chi connectivity index (χ2n) is 6.10. The lowest BCUT2D eigenvalue weighted by atomic mass is 10.1. The third-order valence-electron chi connectivity index (χ3n) is 4.11. The predicted octanol–water partition coefficient (Wildman–Crippen LogP) is 5.02. The van der Waals surface area contributed by atoms with Crippen LogP contribution in [0.25, 0.3) is 11.0 Å². The van der Waals surface area contributed by atoms with Crippen LogP contribution in [0.3, 0.4) is 0 Å². The van der Waals surface area contributed by atoms with Gasteiger partial charge in [0.1, 0.15) is 5.58 Å². The zero-order chi connectivity index (χ0) is 18.8. The van der Waals surface area contributed by atoms with Crippen LogP contribution in [-0.2, 0) is 12.2 Å². The number of benzene rings is 2. The maximum atomic E-state index is 11.9. The first kappa shape index (κ1) is 17.8. The smallest absolute Gasteiger partial charge is 0.336 e. The van der Waals surface area contributed by atoms with Crippen LogP contribution in [0.1, 0.15) is 22.6 Å². The Morgan fingerprint density at radius 3 is 2.70 bits per heavy atom. The zero-order valence-corrected chi connectivity index (χ0v) is 16.0. The largest absolute Gasteiger partial charge is 0.423 e. The van der Waals surface area contributed by atoms with Crippen molar-refractivity contribution < 1.29 is 8.83 Å². The number of aryl methyl sites for hydroxylation is 1. The van der Waals surface area contributed by atoms with Crippen LogP contribution in [0.15, 0.2) is 67.4 Å². The van der Waals surface area contributed by atoms with Crippen LogP contribution in [0.2, 0.25) is 5.02 Å². The van der Waals surface area contributed by atoms with Gasteiger partial charge in [0.2, 0.25) is 5.89 Å². The molecule has 2 aromatic heterocycles. The predicted molar refractivity (Wildman–Crippen MR) is 105 cm³/mol. The number of thioether (sulfide) groups is 1. The molecule has 136 valence electrons. The molecular weight excluding hydrogens is 384 g/mol. The second kappa shape index (κ2) is 7.58. The summed E-state index contributed by atoms with van der Waals surface area (Å²) in [6.07, 6.45) is 0.584. The molecule has 0 fully saturated rings. The van der Waals surface area contributed by atoms with E-state index in [4.69, 9.17) is 20.4 Å². The van der Waals surface area contributed by atoms with Crippen LogP contribution in [0, 0.1) is 6.92 Å². The van der Waals surface area contributed by atoms with Gasteiger partial charge < -0.3 is 8.83 Å². The highest BCUT2D eigenvalue weighted by Crippen LogP contribution is 2.29. The highest BCUT2D eigenvalue weighted by Gasteiger charge is 2.12. The first-order chi connectivity index (χ1) is 13.1. The normalized spacial score (nSPS) is 11.2. The number of nitrogens with zero attached hydrogens (tertiary/aromatic N) is 2. The van der Waals surface area contributed by atoms with E-state index < -0.39 is 5.63 Å². The van der Waals surface area contributed by atoms with Gasteiger partial charge in [-0.3, -0.25) is 0 Å². The van der Waals surface area contributed by atoms with E-state index >= 15 is 0 Å². The Morgan fingerprint density at radius 2 is 1.89 bits per heavy atom. The van der Waals surface area contributed by atoms with E-state index in [-0.39, 0.29) is 0 Å². The molecule has 5 nitrogen and oxygen atoms in total. The molecule has 2 aromatic carbocycles. The molecule has 0 aliphatic heterocycles. The molecule has 0 amide bonds. The van der Waals surface area contributed by atoms with Crippen molar-refractivity contribution >= 4 is 34.3 Å². The van der Waals surface area contributed by atoms with Crippen molar-refractivity contribution in [2.24, 2.45) is 0 Å². The summed E-state index contributed by atoms with van der Waals surface area (Å²) < 4.78 is 11.0. The average Bonchev–Trinajstić information content (AvgIpc) is 3.09. The lowest BCUT2D eigenvalue weighted by Crippen LogP contribution is -2.00. The zero-order valence-electron chi connectivity index (χ0n) is 14.4. The molecule has 0 N–H and O–H groups in total. The van der Waals surface area contributed by atoms with Crippen LogP contribution < -0.4 is 5.63 Å². The third-order valence-corrected chi connectivity index (χ3v) is 5.38. The molecule has 4 aromatic rings. The maximum absolute atomic E-state index is 11.9. The van der Waals surface area contributed by atoms with Crippen LogP contribution in [0.4, 0.5) is 0 Å². The molecule has 0 atom stereocenters. The Kier molecular flexibility index (Phi) is 5.01. The summed E-state index contributed by atoms with van der Waals surface area (Å²) in [5.41, 5.74) is 2.91. The van der Waals surface area contributed by atoms with Gasteiger partial charge in [0.05, 0.1) is 6.42 Å². The van der Waals surface area contributed by atoms with Gasteiger partial charge in [-0.1, -0.05) is 53.7 Å². The number of rotatable bonds is 5. The first-order valence-corrected chi connectivity index (χ1v) is 9.67. The first-order valence-electron chi connectivity index (χ1n) is 8.30. The average molecular weight is 399 g/mol. The van der Waals surface area contributed by atoms with Gasteiger partial charge in [-0.15, -0.1) is 10.2 Å². The molecule has 0 spiro atoms. The van der Waals surface area contributed by atoms with E-state index in [9.17, 15) is 4.79 Å². The van der Waals surface area contributed by atoms with Gasteiger partial charge in [-0.2, -0.15) is 0 Å². The molecule has 0 saturated heterocycles. The quantitative estimate of drug-likeness (QED) is 0.347. The Hall–Kier alpha value is -2.57. The fourth-order valence-corrected chi connectivity index (χ4v) is 3.68. The highest BCUT2D eigenvalue weighted by atomic mass is 35.5. The van der Waals surface area contributed by atoms with Gasteiger partial charge in [0.25, 0.3) is 5.22 Å². The van der Waals surface area contributed by atoms with Crippen molar-refractivity contribution in [3.63, 3.8) is 0 Å². The second-order valence-corrected chi connectivity index (χ2v) is 7.43. The summed E-state index contributed by atoms with van der Waals surface area (Å²) in [6.45, 7) is 1.87. The molecule has 2 heterocycles. The molecule has 0 saturated carbocycles. The topological polar surface area (TPSA) is 69.1 Å². The minimum atomic E-state index is -0.393. The molecule has 27 heavy (non-hydrogen) atoms. The van der Waals surface area contributed by atoms with E-state index in [0.29, 0.717) is 33.9 Å². The van der Waals surface area contributed by atoms with E-state index in [1.165, 1.54) is 17.8 Å². The van der Waals surface area contributed by atoms with Gasteiger partial charge in [0.15, 0.2) is 0 Å². The van der Waals surface area contributed by atoms with E-state index in [1.54, 1.807) is 6.07 Å². The Labute approximate surface area is 164 Å². The summed E-state index contributed by atoms with van der Waals surface area (Å²) in [6, 6.07) is 15.0. The fourth-order valence-electron chi connectivity index (χ4n) is 2.75. The number of halogens is 1. The minimum Gasteiger partial charge on any atom is -0.423 e. The number of fused-ring (bicyclic) bond motifs is 1. The van der Waals surface area contributed by atoms with Gasteiger partial charge in [-0.05, 0) is 35.7 Å². The van der Waals surface area contributed by atoms with E-state index in [1.807, 2.05) is 43.3 Å². The summed E-state index contributed by atoms with van der Waals surface area (Å²) in [4.78, 5) is 11.9. The lowest BCUT2D eigenvalue weighted by molar-refractivity contribution is 0.420. The fraction of sp³-hybridized carbons (Fsp3) is 0.150. The minimum absolute atomic E-state index is 0.393. The Bertz CT molecular complexity index is 1160. The summed E-state index contributed by atoms with van der Waals surface area (Å²) in [5.74, 6) is 1.05. The molecule has 0 unspecified atom stereocenters. The monoisotopic (exact) mass is 398 g/mol. The highest BCUT2D eigenvalue weighted by molar-refractivity contribution is 7.98. The van der Waals surface area contributed by atoms with Crippen molar-refractivity contribution in [2.75, 3.05) is 0 Å². The van der Waals surface area contributed by atoms with Crippen molar-refractivity contribution in [3.8, 4) is 0 Å². The summed E-state index contributed by atoms with van der Waals surface area (Å²) in [7, 11) is 0. The molecule has 4 rings (SSSR count). The number of aromatic nitrogens is 2. The van der Waals surface area contributed by atoms with Gasteiger partial charge in [0, 0.05) is 22.2 Å². The molecule has 0 aliphatic rings. The maximum Gasteiger partial charge on any atom is 0.336 e. The summed E-state index contributed by atoms with van der Waals surface area (Å²) >= 11 is 7.60. The van der Waals surface area contributed by atoms with Crippen LogP contribution in [-0.4, -0.2) is 10.2 Å². The Morgan fingerprint density at radius 1 is 1.07 bits per heavy atom. The molecular formula is C20H15ClN2O3S. The van der Waals surface area contributed by atoms with Gasteiger partial charge in [-0.25, -0.2) is 4.79 Å². The Balaban J connectivity index is 1.54. The van der Waals surface area contributed by atoms with Crippen molar-refractivity contribution in [2.45, 2.75) is 24.3 Å². The standard InChI is InChI=1S/C20H15ClN2O3S/c1-12-7-17-15(10-16(12)21)14(9-19(24)25-17)11-27-20-23-22-18(26-20)8-13-5-3-2-4-6-13/h2-7,9-10H,8,11H2,1H3. The van der Waals surface area contributed by atoms with Crippen molar-refractivity contribution in [1.29, 1.82) is 0 Å². The number of hydrogen-bond donors (Lipinski definition) is 0. The van der Waals surface area contributed by atoms with Gasteiger partial charge >= 0.3 is 5.63 Å². The van der Waals surface area contributed by atoms with E-state index in [0.717, 1.165) is 22.1 Å². The van der Waals surface area contributed by atoms with Crippen molar-refractivity contribution in [3.05, 3.63) is 86.6 Å². The molecule has 0 aliphatic carbocycles. The number of hydrogen-bond acceptors (Lipinski definition) is 6. The van der Waals surface area contributed by atoms with Crippen LogP contribution in [0.5, 0.6) is 0 Å². The SMILES string of the molecule is Cc1cc2oc(=O)cc(CSc3nnc(Cc4ccccc4)o3)c2cc1Cl. The molecule has 7 heteroatoms. The molecule has 0 bridgehead atoms. The van der Waals surface area contributed by atoms with E-state index in [2.05, 4.69) is 10.2 Å². The lowest BCUT2D eigenvalue weighted by Gasteiger charge is -2.06. The third kappa shape index (κ3) is 4.07. The molecule has 0 radical (unpaired) electrons. The van der Waals surface area contributed by atoms with Crippen LogP contribution >= 0.6 is 23.4 Å². The van der Waals surface area contributed by atoms with Crippen molar-refractivity contribution in [1.82, 2.24) is 10.2 Å².